The van der Waals surface area contributed by atoms with Crippen molar-refractivity contribution in [2.24, 2.45) is 11.7 Å². The second-order valence-electron chi connectivity index (χ2n) is 5.59. The lowest BCUT2D eigenvalue weighted by atomic mass is 9.96. The van der Waals surface area contributed by atoms with Crippen LogP contribution in [0.25, 0.3) is 0 Å². The van der Waals surface area contributed by atoms with Gasteiger partial charge in [0, 0.05) is 23.8 Å². The average Bonchev–Trinajstić information content (AvgIpc) is 3.15. The summed E-state index contributed by atoms with van der Waals surface area (Å²) in [6, 6.07) is 1.87. The van der Waals surface area contributed by atoms with Crippen LogP contribution in [0.15, 0.2) is 16.7 Å². The predicted octanol–water partition coefficient (Wildman–Crippen LogP) is 2.52. The van der Waals surface area contributed by atoms with E-state index in [0.29, 0.717) is 18.2 Å². The van der Waals surface area contributed by atoms with Crippen molar-refractivity contribution in [3.05, 3.63) is 22.4 Å². The molecule has 106 valence electrons. The van der Waals surface area contributed by atoms with Gasteiger partial charge in [0.15, 0.2) is 0 Å². The summed E-state index contributed by atoms with van der Waals surface area (Å²) < 4.78 is 2.93. The van der Waals surface area contributed by atoms with Gasteiger partial charge in [0.2, 0.25) is 0 Å². The van der Waals surface area contributed by atoms with E-state index < -0.39 is 0 Å². The summed E-state index contributed by atoms with van der Waals surface area (Å²) in [7, 11) is 0. The van der Waals surface area contributed by atoms with E-state index >= 15 is 0 Å². The maximum atomic E-state index is 12.5. The third kappa shape index (κ3) is 3.20. The first kappa shape index (κ1) is 14.6. The molecular formula is C14H22BrN3O. The van der Waals surface area contributed by atoms with Gasteiger partial charge in [-0.3, -0.25) is 4.79 Å². The zero-order chi connectivity index (χ0) is 14.0. The van der Waals surface area contributed by atoms with E-state index in [-0.39, 0.29) is 11.4 Å². The normalized spacial score (nSPS) is 18.1. The van der Waals surface area contributed by atoms with Gasteiger partial charge in [-0.25, -0.2) is 0 Å². The topological polar surface area (TPSA) is 60.0 Å². The van der Waals surface area contributed by atoms with E-state index in [1.54, 1.807) is 0 Å². The molecule has 19 heavy (non-hydrogen) atoms. The number of hydrogen-bond acceptors (Lipinski definition) is 2. The highest BCUT2D eigenvalue weighted by Gasteiger charge is 2.41. The molecule has 1 fully saturated rings. The van der Waals surface area contributed by atoms with Crippen LogP contribution in [0, 0.1) is 5.92 Å². The van der Waals surface area contributed by atoms with Crippen LogP contribution < -0.4 is 11.1 Å². The fourth-order valence-corrected chi connectivity index (χ4v) is 2.92. The highest BCUT2D eigenvalue weighted by molar-refractivity contribution is 9.10. The first-order chi connectivity index (χ1) is 9.00. The molecule has 3 N–H and O–H groups in total. The SMILES string of the molecule is CCCn1cc(Br)cc1C(=O)NC(C)(CN)C1CC1. The van der Waals surface area contributed by atoms with Gasteiger partial charge in [0.1, 0.15) is 5.69 Å². The summed E-state index contributed by atoms with van der Waals surface area (Å²) in [5, 5.41) is 3.13. The largest absolute Gasteiger partial charge is 0.344 e. The molecule has 1 aliphatic rings. The standard InChI is InChI=1S/C14H22BrN3O/c1-3-6-18-8-11(15)7-12(18)13(19)17-14(2,9-16)10-4-5-10/h7-8,10H,3-6,9,16H2,1-2H3,(H,17,19). The maximum absolute atomic E-state index is 12.5. The minimum absolute atomic E-state index is 0.0287. The number of carbonyl (C=O) groups excluding carboxylic acids is 1. The second-order valence-corrected chi connectivity index (χ2v) is 6.50. The molecule has 0 bridgehead atoms. The Balaban J connectivity index is 2.15. The maximum Gasteiger partial charge on any atom is 0.268 e. The summed E-state index contributed by atoms with van der Waals surface area (Å²) in [6.45, 7) is 5.48. The number of carbonyl (C=O) groups is 1. The minimum atomic E-state index is -0.273. The first-order valence-corrected chi connectivity index (χ1v) is 7.67. The Hall–Kier alpha value is -0.810. The Kier molecular flexibility index (Phi) is 4.36. The zero-order valence-corrected chi connectivity index (χ0v) is 13.2. The molecule has 1 saturated carbocycles. The fraction of sp³-hybridized carbons (Fsp3) is 0.643. The number of nitrogens with two attached hydrogens (primary N) is 1. The number of hydrogen-bond donors (Lipinski definition) is 2. The Labute approximate surface area is 122 Å². The van der Waals surface area contributed by atoms with E-state index in [2.05, 4.69) is 28.2 Å². The highest BCUT2D eigenvalue weighted by Crippen LogP contribution is 2.39. The second kappa shape index (κ2) is 5.67. The minimum Gasteiger partial charge on any atom is -0.344 e. The molecule has 2 rings (SSSR count). The van der Waals surface area contributed by atoms with Crippen LogP contribution in [-0.2, 0) is 6.54 Å². The van der Waals surface area contributed by atoms with Crippen LogP contribution in [0.4, 0.5) is 0 Å². The Morgan fingerprint density at radius 1 is 1.63 bits per heavy atom. The van der Waals surface area contributed by atoms with Crippen LogP contribution in [0.3, 0.4) is 0 Å². The molecule has 1 aromatic heterocycles. The lowest BCUT2D eigenvalue weighted by Gasteiger charge is -2.29. The van der Waals surface area contributed by atoms with Crippen LogP contribution in [-0.4, -0.2) is 22.6 Å². The summed E-state index contributed by atoms with van der Waals surface area (Å²) in [5.41, 5.74) is 6.28. The van der Waals surface area contributed by atoms with Crippen molar-refractivity contribution in [3.63, 3.8) is 0 Å². The third-order valence-corrected chi connectivity index (χ3v) is 4.30. The molecule has 0 spiro atoms. The molecule has 1 atom stereocenters. The van der Waals surface area contributed by atoms with Crippen molar-refractivity contribution in [3.8, 4) is 0 Å². The van der Waals surface area contributed by atoms with Gasteiger partial charge < -0.3 is 15.6 Å². The Bertz CT molecular complexity index is 467. The molecule has 0 aromatic carbocycles. The van der Waals surface area contributed by atoms with E-state index in [9.17, 15) is 4.79 Å². The van der Waals surface area contributed by atoms with Crippen molar-refractivity contribution in [2.45, 2.75) is 45.2 Å². The van der Waals surface area contributed by atoms with Gasteiger partial charge >= 0.3 is 0 Å². The number of amides is 1. The molecular weight excluding hydrogens is 306 g/mol. The van der Waals surface area contributed by atoms with Crippen LogP contribution in [0.5, 0.6) is 0 Å². The molecule has 1 unspecified atom stereocenters. The molecule has 0 radical (unpaired) electrons. The van der Waals surface area contributed by atoms with E-state index in [1.165, 1.54) is 0 Å². The first-order valence-electron chi connectivity index (χ1n) is 6.88. The van der Waals surface area contributed by atoms with Crippen molar-refractivity contribution >= 4 is 21.8 Å². The summed E-state index contributed by atoms with van der Waals surface area (Å²) in [5.74, 6) is 0.499. The summed E-state index contributed by atoms with van der Waals surface area (Å²) in [4.78, 5) is 12.5. The predicted molar refractivity (Wildman–Crippen MR) is 80.1 cm³/mol. The quantitative estimate of drug-likeness (QED) is 0.843. The summed E-state index contributed by atoms with van der Waals surface area (Å²) >= 11 is 3.43. The van der Waals surface area contributed by atoms with Gasteiger partial charge in [-0.15, -0.1) is 0 Å². The van der Waals surface area contributed by atoms with E-state index in [1.807, 2.05) is 23.8 Å². The fourth-order valence-electron chi connectivity index (χ4n) is 2.45. The molecule has 1 aromatic rings. The number of rotatable bonds is 6. The zero-order valence-electron chi connectivity index (χ0n) is 11.6. The van der Waals surface area contributed by atoms with E-state index in [4.69, 9.17) is 5.73 Å². The molecule has 5 heteroatoms. The van der Waals surface area contributed by atoms with Gasteiger partial charge in [-0.1, -0.05) is 6.92 Å². The molecule has 0 saturated heterocycles. The monoisotopic (exact) mass is 327 g/mol. The smallest absolute Gasteiger partial charge is 0.268 e. The summed E-state index contributed by atoms with van der Waals surface area (Å²) in [6.07, 6.45) is 5.27. The van der Waals surface area contributed by atoms with Gasteiger partial charge in [0.05, 0.1) is 5.54 Å². The van der Waals surface area contributed by atoms with Crippen molar-refractivity contribution < 1.29 is 4.79 Å². The van der Waals surface area contributed by atoms with Gasteiger partial charge in [0.25, 0.3) is 5.91 Å². The van der Waals surface area contributed by atoms with Crippen molar-refractivity contribution in [1.82, 2.24) is 9.88 Å². The van der Waals surface area contributed by atoms with Crippen LogP contribution in [0.2, 0.25) is 0 Å². The van der Waals surface area contributed by atoms with Gasteiger partial charge in [-0.05, 0) is 54.1 Å². The van der Waals surface area contributed by atoms with Crippen LogP contribution in [0.1, 0.15) is 43.6 Å². The Morgan fingerprint density at radius 2 is 2.32 bits per heavy atom. The van der Waals surface area contributed by atoms with Crippen molar-refractivity contribution in [2.75, 3.05) is 6.54 Å². The molecule has 4 nitrogen and oxygen atoms in total. The lowest BCUT2D eigenvalue weighted by Crippen LogP contribution is -2.53. The highest BCUT2D eigenvalue weighted by atomic mass is 79.9. The number of halogens is 1. The molecule has 1 amide bonds. The third-order valence-electron chi connectivity index (χ3n) is 3.86. The Morgan fingerprint density at radius 3 is 2.84 bits per heavy atom. The number of nitrogens with zero attached hydrogens (tertiary/aromatic N) is 1. The number of nitrogens with one attached hydrogen (secondary N) is 1. The van der Waals surface area contributed by atoms with Crippen LogP contribution >= 0.6 is 15.9 Å². The molecule has 1 heterocycles. The molecule has 1 aliphatic carbocycles. The van der Waals surface area contributed by atoms with Crippen molar-refractivity contribution in [1.29, 1.82) is 0 Å². The average molecular weight is 328 g/mol. The number of aromatic nitrogens is 1. The molecule has 0 aliphatic heterocycles. The number of aryl methyl sites for hydroxylation is 1. The van der Waals surface area contributed by atoms with Gasteiger partial charge in [-0.2, -0.15) is 0 Å². The van der Waals surface area contributed by atoms with E-state index in [0.717, 1.165) is 30.3 Å². The lowest BCUT2D eigenvalue weighted by molar-refractivity contribution is 0.0888.